The van der Waals surface area contributed by atoms with Crippen molar-refractivity contribution >= 4 is 16.9 Å². The number of aromatic nitrogens is 1. The number of esters is 1. The summed E-state index contributed by atoms with van der Waals surface area (Å²) < 4.78 is 12.8. The molecule has 0 bridgehead atoms. The van der Waals surface area contributed by atoms with Gasteiger partial charge in [-0.1, -0.05) is 43.4 Å². The molecule has 0 atom stereocenters. The average Bonchev–Trinajstić information content (AvgIpc) is 3.10. The SMILES string of the molecule is CC/C=C\C=C/Cc1cc2cc(OCC)ccc2n1Cc1cccc(C(=O)OC)c1. The van der Waals surface area contributed by atoms with Gasteiger partial charge in [0.1, 0.15) is 5.75 Å². The molecule has 1 heterocycles. The number of fused-ring (bicyclic) bond motifs is 1. The molecule has 156 valence electrons. The van der Waals surface area contributed by atoms with Crippen molar-refractivity contribution in [3.05, 3.63) is 89.7 Å². The minimum absolute atomic E-state index is 0.318. The fourth-order valence-corrected chi connectivity index (χ4v) is 3.50. The molecule has 0 aliphatic heterocycles. The molecule has 0 unspecified atom stereocenters. The van der Waals surface area contributed by atoms with Crippen molar-refractivity contribution in [1.82, 2.24) is 4.57 Å². The lowest BCUT2D eigenvalue weighted by molar-refractivity contribution is 0.0600. The maximum atomic E-state index is 11.9. The number of nitrogens with zero attached hydrogens (tertiary/aromatic N) is 1. The molecule has 0 spiro atoms. The Morgan fingerprint density at radius 1 is 1.03 bits per heavy atom. The first-order valence-corrected chi connectivity index (χ1v) is 10.4. The summed E-state index contributed by atoms with van der Waals surface area (Å²) >= 11 is 0. The molecule has 4 nitrogen and oxygen atoms in total. The van der Waals surface area contributed by atoms with Gasteiger partial charge in [-0.25, -0.2) is 4.79 Å². The van der Waals surface area contributed by atoms with Crippen LogP contribution in [0.4, 0.5) is 0 Å². The van der Waals surface area contributed by atoms with Gasteiger partial charge in [-0.05, 0) is 55.3 Å². The Bertz CT molecular complexity index is 1060. The fourth-order valence-electron chi connectivity index (χ4n) is 3.50. The van der Waals surface area contributed by atoms with Crippen LogP contribution in [0.25, 0.3) is 10.9 Å². The van der Waals surface area contributed by atoms with Crippen LogP contribution in [-0.2, 0) is 17.7 Å². The number of allylic oxidation sites excluding steroid dienone is 4. The van der Waals surface area contributed by atoms with Gasteiger partial charge in [0, 0.05) is 29.6 Å². The van der Waals surface area contributed by atoms with Gasteiger partial charge in [0.25, 0.3) is 0 Å². The van der Waals surface area contributed by atoms with E-state index in [1.165, 1.54) is 12.8 Å². The standard InChI is InChI=1S/C26H29NO3/c1-4-6-7-8-9-13-23-17-22-18-24(30-5-2)14-15-25(22)27(23)19-20-11-10-12-21(16-20)26(28)29-3/h6-12,14-18H,4-5,13,19H2,1-3H3/b7-6-,9-8-. The first kappa shape index (κ1) is 21.4. The van der Waals surface area contributed by atoms with E-state index in [0.29, 0.717) is 18.7 Å². The topological polar surface area (TPSA) is 40.5 Å². The average molecular weight is 404 g/mol. The summed E-state index contributed by atoms with van der Waals surface area (Å²) in [4.78, 5) is 11.9. The molecule has 2 aromatic carbocycles. The molecule has 0 radical (unpaired) electrons. The van der Waals surface area contributed by atoms with Gasteiger partial charge in [0.2, 0.25) is 0 Å². The lowest BCUT2D eigenvalue weighted by atomic mass is 10.1. The van der Waals surface area contributed by atoms with E-state index in [1.807, 2.05) is 31.2 Å². The highest BCUT2D eigenvalue weighted by Crippen LogP contribution is 2.26. The number of hydrogen-bond acceptors (Lipinski definition) is 3. The second kappa shape index (κ2) is 10.5. The van der Waals surface area contributed by atoms with Crippen molar-refractivity contribution in [2.24, 2.45) is 0 Å². The summed E-state index contributed by atoms with van der Waals surface area (Å²) in [5.41, 5.74) is 3.98. The van der Waals surface area contributed by atoms with Crippen LogP contribution in [0.2, 0.25) is 0 Å². The van der Waals surface area contributed by atoms with E-state index in [-0.39, 0.29) is 5.97 Å². The molecule has 0 saturated carbocycles. The highest BCUT2D eigenvalue weighted by atomic mass is 16.5. The van der Waals surface area contributed by atoms with E-state index in [1.54, 1.807) is 6.07 Å². The third-order valence-corrected chi connectivity index (χ3v) is 4.90. The molecule has 0 fully saturated rings. The van der Waals surface area contributed by atoms with Crippen molar-refractivity contribution < 1.29 is 14.3 Å². The van der Waals surface area contributed by atoms with E-state index in [9.17, 15) is 4.79 Å². The molecule has 0 saturated heterocycles. The number of ether oxygens (including phenoxy) is 2. The van der Waals surface area contributed by atoms with E-state index in [4.69, 9.17) is 9.47 Å². The smallest absolute Gasteiger partial charge is 0.337 e. The predicted molar refractivity (Wildman–Crippen MR) is 122 cm³/mol. The van der Waals surface area contributed by atoms with E-state index >= 15 is 0 Å². The minimum atomic E-state index is -0.318. The van der Waals surface area contributed by atoms with Crippen molar-refractivity contribution in [3.63, 3.8) is 0 Å². The van der Waals surface area contributed by atoms with Crippen LogP contribution in [0.3, 0.4) is 0 Å². The minimum Gasteiger partial charge on any atom is -0.494 e. The zero-order valence-corrected chi connectivity index (χ0v) is 17.9. The number of carbonyl (C=O) groups excluding carboxylic acids is 1. The van der Waals surface area contributed by atoms with Crippen LogP contribution < -0.4 is 4.74 Å². The van der Waals surface area contributed by atoms with Crippen LogP contribution in [-0.4, -0.2) is 24.3 Å². The van der Waals surface area contributed by atoms with Gasteiger partial charge in [-0.3, -0.25) is 0 Å². The van der Waals surface area contributed by atoms with Crippen molar-refractivity contribution in [2.75, 3.05) is 13.7 Å². The highest BCUT2D eigenvalue weighted by Gasteiger charge is 2.11. The van der Waals surface area contributed by atoms with Crippen LogP contribution >= 0.6 is 0 Å². The number of benzene rings is 2. The fraction of sp³-hybridized carbons (Fsp3) is 0.269. The molecule has 3 aromatic rings. The second-order valence-electron chi connectivity index (χ2n) is 7.04. The first-order valence-electron chi connectivity index (χ1n) is 10.4. The Kier molecular flexibility index (Phi) is 7.50. The lowest BCUT2D eigenvalue weighted by Gasteiger charge is -2.11. The summed E-state index contributed by atoms with van der Waals surface area (Å²) in [5.74, 6) is 0.559. The number of methoxy groups -OCH3 is 1. The van der Waals surface area contributed by atoms with Crippen LogP contribution in [0.15, 0.2) is 72.8 Å². The number of carbonyl (C=O) groups is 1. The monoisotopic (exact) mass is 403 g/mol. The maximum absolute atomic E-state index is 11.9. The largest absolute Gasteiger partial charge is 0.494 e. The molecular formula is C26H29NO3. The highest BCUT2D eigenvalue weighted by molar-refractivity contribution is 5.89. The van der Waals surface area contributed by atoms with Crippen molar-refractivity contribution in [2.45, 2.75) is 33.2 Å². The Hall–Kier alpha value is -3.27. The van der Waals surface area contributed by atoms with Gasteiger partial charge in [-0.2, -0.15) is 0 Å². The molecular weight excluding hydrogens is 374 g/mol. The van der Waals surface area contributed by atoms with Gasteiger partial charge < -0.3 is 14.0 Å². The maximum Gasteiger partial charge on any atom is 0.337 e. The third-order valence-electron chi connectivity index (χ3n) is 4.90. The number of rotatable bonds is 9. The molecule has 30 heavy (non-hydrogen) atoms. The zero-order valence-electron chi connectivity index (χ0n) is 17.9. The summed E-state index contributed by atoms with van der Waals surface area (Å²) in [6.45, 7) is 5.44. The quantitative estimate of drug-likeness (QED) is 0.328. The van der Waals surface area contributed by atoms with E-state index in [2.05, 4.69) is 54.0 Å². The van der Waals surface area contributed by atoms with Gasteiger partial charge in [0.15, 0.2) is 0 Å². The Morgan fingerprint density at radius 2 is 1.87 bits per heavy atom. The lowest BCUT2D eigenvalue weighted by Crippen LogP contribution is -2.06. The zero-order chi connectivity index (χ0) is 21.3. The number of hydrogen-bond donors (Lipinski definition) is 0. The normalized spacial score (nSPS) is 11.6. The van der Waals surface area contributed by atoms with Gasteiger partial charge in [0.05, 0.1) is 19.3 Å². The van der Waals surface area contributed by atoms with Crippen LogP contribution in [0.5, 0.6) is 5.75 Å². The first-order chi connectivity index (χ1) is 14.7. The predicted octanol–water partition coefficient (Wildman–Crippen LogP) is 5.94. The molecule has 1 aromatic heterocycles. The Morgan fingerprint density at radius 3 is 2.63 bits per heavy atom. The molecule has 0 aliphatic rings. The Balaban J connectivity index is 1.97. The third kappa shape index (κ3) is 5.20. The second-order valence-corrected chi connectivity index (χ2v) is 7.04. The molecule has 0 N–H and O–H groups in total. The van der Waals surface area contributed by atoms with Crippen molar-refractivity contribution in [1.29, 1.82) is 0 Å². The van der Waals surface area contributed by atoms with Crippen molar-refractivity contribution in [3.8, 4) is 5.75 Å². The van der Waals surface area contributed by atoms with Gasteiger partial charge in [-0.15, -0.1) is 0 Å². The molecule has 0 amide bonds. The van der Waals surface area contributed by atoms with Crippen LogP contribution in [0.1, 0.15) is 41.9 Å². The van der Waals surface area contributed by atoms with Crippen LogP contribution in [0, 0.1) is 0 Å². The summed E-state index contributed by atoms with van der Waals surface area (Å²) in [6.07, 6.45) is 10.3. The molecule has 0 aliphatic carbocycles. The molecule has 4 heteroatoms. The molecule has 3 rings (SSSR count). The van der Waals surface area contributed by atoms with E-state index in [0.717, 1.165) is 35.1 Å². The Labute approximate surface area is 178 Å². The summed E-state index contributed by atoms with van der Waals surface area (Å²) in [5, 5.41) is 1.15. The van der Waals surface area contributed by atoms with E-state index < -0.39 is 0 Å². The van der Waals surface area contributed by atoms with Gasteiger partial charge >= 0.3 is 5.97 Å². The summed E-state index contributed by atoms with van der Waals surface area (Å²) in [7, 11) is 1.40. The summed E-state index contributed by atoms with van der Waals surface area (Å²) in [6, 6.07) is 16.0.